The van der Waals surface area contributed by atoms with Crippen LogP contribution in [0.15, 0.2) is 11.2 Å². The van der Waals surface area contributed by atoms with Crippen molar-refractivity contribution in [2.75, 3.05) is 12.4 Å². The fourth-order valence-electron chi connectivity index (χ4n) is 3.42. The molecule has 1 aromatic heterocycles. The van der Waals surface area contributed by atoms with Crippen LogP contribution in [-0.2, 0) is 6.54 Å². The number of rotatable bonds is 4. The lowest BCUT2D eigenvalue weighted by Gasteiger charge is -2.30. The molecular formula is C17H23FN6O. The first kappa shape index (κ1) is 17.3. The summed E-state index contributed by atoms with van der Waals surface area (Å²) >= 11 is 0. The molecule has 2 aliphatic rings. The Morgan fingerprint density at radius 3 is 2.88 bits per heavy atom. The van der Waals surface area contributed by atoms with Gasteiger partial charge in [-0.1, -0.05) is 12.8 Å². The summed E-state index contributed by atoms with van der Waals surface area (Å²) in [4.78, 5) is 20.5. The van der Waals surface area contributed by atoms with Gasteiger partial charge in [-0.2, -0.15) is 0 Å². The van der Waals surface area contributed by atoms with Gasteiger partial charge in [0.05, 0.1) is 11.3 Å². The van der Waals surface area contributed by atoms with E-state index < -0.39 is 5.82 Å². The summed E-state index contributed by atoms with van der Waals surface area (Å²) in [6.07, 6.45) is 6.70. The van der Waals surface area contributed by atoms with Gasteiger partial charge in [-0.15, -0.1) is 0 Å². The fourth-order valence-corrected chi connectivity index (χ4v) is 3.42. The predicted molar refractivity (Wildman–Crippen MR) is 95.8 cm³/mol. The van der Waals surface area contributed by atoms with Crippen molar-refractivity contribution < 1.29 is 9.18 Å². The summed E-state index contributed by atoms with van der Waals surface area (Å²) in [5.41, 5.74) is 13.1. The van der Waals surface area contributed by atoms with E-state index in [1.165, 1.54) is 12.4 Å². The second-order valence-electron chi connectivity index (χ2n) is 6.37. The lowest BCUT2D eigenvalue weighted by molar-refractivity contribution is 0.0965. The lowest BCUT2D eigenvalue weighted by atomic mass is 9.91. The van der Waals surface area contributed by atoms with Gasteiger partial charge in [0.2, 0.25) is 0 Å². The van der Waals surface area contributed by atoms with E-state index in [4.69, 9.17) is 11.5 Å². The monoisotopic (exact) mass is 346 g/mol. The number of pyridine rings is 1. The largest absolute Gasteiger partial charge is 0.404 e. The van der Waals surface area contributed by atoms with Gasteiger partial charge >= 0.3 is 0 Å². The highest BCUT2D eigenvalue weighted by Crippen LogP contribution is 2.31. The number of aliphatic imine (C=N–C) groups is 1. The number of nitrogens with two attached hydrogens (primary N) is 2. The number of fused-ring (bicyclic) bond motifs is 1. The number of halogens is 1. The number of hydrogen-bond acceptors (Lipinski definition) is 6. The van der Waals surface area contributed by atoms with Crippen LogP contribution in [0.25, 0.3) is 5.57 Å². The SMILES string of the molecule is CN=CC(=CN)c1nc(NC2CCCC[C@@H]2N)c(F)c2c1C(=O)NC2. The van der Waals surface area contributed by atoms with E-state index >= 15 is 0 Å². The molecule has 2 atom stereocenters. The van der Waals surface area contributed by atoms with E-state index in [1.54, 1.807) is 7.05 Å². The van der Waals surface area contributed by atoms with Crippen molar-refractivity contribution in [3.63, 3.8) is 0 Å². The molecule has 1 aliphatic carbocycles. The lowest BCUT2D eigenvalue weighted by Crippen LogP contribution is -2.43. The van der Waals surface area contributed by atoms with Crippen LogP contribution in [0.2, 0.25) is 0 Å². The molecule has 7 nitrogen and oxygen atoms in total. The van der Waals surface area contributed by atoms with Crippen LogP contribution >= 0.6 is 0 Å². The zero-order chi connectivity index (χ0) is 18.0. The van der Waals surface area contributed by atoms with E-state index in [-0.39, 0.29) is 35.9 Å². The minimum Gasteiger partial charge on any atom is -0.404 e. The van der Waals surface area contributed by atoms with Crippen LogP contribution in [0, 0.1) is 5.82 Å². The maximum atomic E-state index is 14.9. The van der Waals surface area contributed by atoms with Gasteiger partial charge in [0.1, 0.15) is 0 Å². The highest BCUT2D eigenvalue weighted by atomic mass is 19.1. The topological polar surface area (TPSA) is 118 Å². The maximum Gasteiger partial charge on any atom is 0.254 e. The molecule has 0 saturated heterocycles. The second-order valence-corrected chi connectivity index (χ2v) is 6.37. The van der Waals surface area contributed by atoms with Crippen LogP contribution < -0.4 is 22.1 Å². The van der Waals surface area contributed by atoms with Crippen molar-refractivity contribution in [3.8, 4) is 0 Å². The van der Waals surface area contributed by atoms with E-state index in [0.717, 1.165) is 25.7 Å². The molecule has 2 heterocycles. The summed E-state index contributed by atoms with van der Waals surface area (Å²) in [6.45, 7) is 0.127. The number of aromatic nitrogens is 1. The second kappa shape index (κ2) is 7.18. The standard InChI is InChI=1S/C17H23FN6O/c1-21-7-9(6-19)15-13-10(8-22-17(13)25)14(18)16(24-15)23-12-5-3-2-4-11(12)20/h6-7,11-12H,2-5,8,19-20H2,1H3,(H,22,25)(H,23,24)/t11-,12?/m0/s1. The first-order valence-corrected chi connectivity index (χ1v) is 8.44. The molecule has 1 fully saturated rings. The molecule has 0 spiro atoms. The van der Waals surface area contributed by atoms with Gasteiger partial charge in [-0.05, 0) is 12.8 Å². The third-order valence-corrected chi connectivity index (χ3v) is 4.75. The molecule has 1 aromatic rings. The van der Waals surface area contributed by atoms with Crippen molar-refractivity contribution >= 4 is 23.5 Å². The Balaban J connectivity index is 2.06. The minimum absolute atomic E-state index is 0.0446. The maximum absolute atomic E-state index is 14.9. The molecule has 3 rings (SSSR count). The van der Waals surface area contributed by atoms with Crippen molar-refractivity contribution in [1.29, 1.82) is 0 Å². The normalized spacial score (nSPS) is 23.6. The average molecular weight is 346 g/mol. The summed E-state index contributed by atoms with van der Waals surface area (Å²) in [5, 5.41) is 5.79. The first-order chi connectivity index (χ1) is 12.1. The van der Waals surface area contributed by atoms with Gasteiger partial charge < -0.3 is 22.1 Å². The van der Waals surface area contributed by atoms with Crippen LogP contribution in [0.5, 0.6) is 0 Å². The van der Waals surface area contributed by atoms with Gasteiger partial charge in [0.25, 0.3) is 5.91 Å². The van der Waals surface area contributed by atoms with Gasteiger partial charge in [0.15, 0.2) is 11.6 Å². The minimum atomic E-state index is -0.514. The van der Waals surface area contributed by atoms with E-state index in [0.29, 0.717) is 16.8 Å². The number of nitrogens with one attached hydrogen (secondary N) is 2. The highest BCUT2D eigenvalue weighted by molar-refractivity contribution is 6.14. The van der Waals surface area contributed by atoms with E-state index in [1.807, 2.05) is 0 Å². The Morgan fingerprint density at radius 1 is 1.44 bits per heavy atom. The van der Waals surface area contributed by atoms with Gasteiger partial charge in [-0.3, -0.25) is 9.79 Å². The predicted octanol–water partition coefficient (Wildman–Crippen LogP) is 1.15. The summed E-state index contributed by atoms with van der Waals surface area (Å²) < 4.78 is 14.9. The number of allylic oxidation sites excluding steroid dienone is 1. The molecule has 0 aromatic carbocycles. The van der Waals surface area contributed by atoms with Crippen LogP contribution in [0.1, 0.15) is 47.3 Å². The Labute approximate surface area is 145 Å². The van der Waals surface area contributed by atoms with Crippen molar-refractivity contribution in [1.82, 2.24) is 10.3 Å². The zero-order valence-electron chi connectivity index (χ0n) is 14.2. The van der Waals surface area contributed by atoms with Crippen LogP contribution in [0.4, 0.5) is 10.2 Å². The van der Waals surface area contributed by atoms with Crippen LogP contribution in [0.3, 0.4) is 0 Å². The fraction of sp³-hybridized carbons (Fsp3) is 0.471. The molecular weight excluding hydrogens is 323 g/mol. The molecule has 134 valence electrons. The highest BCUT2D eigenvalue weighted by Gasteiger charge is 2.32. The molecule has 0 bridgehead atoms. The number of amides is 1. The summed E-state index contributed by atoms with van der Waals surface area (Å²) in [6, 6.07) is -0.0926. The van der Waals surface area contributed by atoms with Gasteiger partial charge in [0, 0.05) is 49.2 Å². The molecule has 1 saturated carbocycles. The average Bonchev–Trinajstić information content (AvgIpc) is 3.00. The van der Waals surface area contributed by atoms with E-state index in [2.05, 4.69) is 20.6 Å². The number of hydrogen-bond donors (Lipinski definition) is 4. The third-order valence-electron chi connectivity index (χ3n) is 4.75. The summed E-state index contributed by atoms with van der Waals surface area (Å²) in [7, 11) is 1.59. The first-order valence-electron chi connectivity index (χ1n) is 8.44. The molecule has 6 N–H and O–H groups in total. The Bertz CT molecular complexity index is 745. The molecule has 1 unspecified atom stereocenters. The Kier molecular flexibility index (Phi) is 4.98. The van der Waals surface area contributed by atoms with Gasteiger partial charge in [-0.25, -0.2) is 9.37 Å². The van der Waals surface area contributed by atoms with Crippen molar-refractivity contribution in [2.24, 2.45) is 16.5 Å². The smallest absolute Gasteiger partial charge is 0.254 e. The third kappa shape index (κ3) is 3.21. The zero-order valence-corrected chi connectivity index (χ0v) is 14.2. The van der Waals surface area contributed by atoms with Crippen LogP contribution in [-0.4, -0.2) is 36.2 Å². The van der Waals surface area contributed by atoms with Crippen molar-refractivity contribution in [3.05, 3.63) is 28.8 Å². The number of nitrogens with zero attached hydrogens (tertiary/aromatic N) is 2. The summed E-state index contributed by atoms with van der Waals surface area (Å²) in [5.74, 6) is -0.766. The molecule has 8 heteroatoms. The van der Waals surface area contributed by atoms with E-state index in [9.17, 15) is 9.18 Å². The molecule has 1 amide bonds. The Hall–Kier alpha value is -2.48. The number of carbonyl (C=O) groups excluding carboxylic acids is 1. The molecule has 0 radical (unpaired) electrons. The van der Waals surface area contributed by atoms with Crippen molar-refractivity contribution in [2.45, 2.75) is 44.3 Å². The number of carbonyl (C=O) groups is 1. The Morgan fingerprint density at radius 2 is 2.20 bits per heavy atom. The number of anilines is 1. The quantitative estimate of drug-likeness (QED) is 0.610. The molecule has 1 aliphatic heterocycles. The molecule has 25 heavy (non-hydrogen) atoms.